The van der Waals surface area contributed by atoms with Crippen molar-refractivity contribution < 1.29 is 14.7 Å². The molecule has 1 aliphatic heterocycles. The van der Waals surface area contributed by atoms with Crippen LogP contribution >= 0.6 is 0 Å². The van der Waals surface area contributed by atoms with Gasteiger partial charge in [0, 0.05) is 12.6 Å². The molecular weight excluding hydrogens is 208 g/mol. The SMILES string of the molecule is CC1(C(N)=O)CCN(C2CCC2C(=O)O)C1. The summed E-state index contributed by atoms with van der Waals surface area (Å²) < 4.78 is 0. The van der Waals surface area contributed by atoms with Gasteiger partial charge >= 0.3 is 5.97 Å². The van der Waals surface area contributed by atoms with E-state index in [0.717, 1.165) is 25.8 Å². The third kappa shape index (κ3) is 1.69. The van der Waals surface area contributed by atoms with Crippen molar-refractivity contribution in [3.05, 3.63) is 0 Å². The third-order valence-electron chi connectivity index (χ3n) is 4.12. The summed E-state index contributed by atoms with van der Waals surface area (Å²) in [6.07, 6.45) is 2.42. The standard InChI is InChI=1S/C11H18N2O3/c1-11(10(12)16)4-5-13(6-11)8-3-2-7(8)9(14)15/h7-8H,2-6H2,1H3,(H2,12,16)(H,14,15). The molecule has 0 aromatic carbocycles. The lowest BCUT2D eigenvalue weighted by molar-refractivity contribution is -0.148. The van der Waals surface area contributed by atoms with Crippen LogP contribution in [0.3, 0.4) is 0 Å². The van der Waals surface area contributed by atoms with Crippen molar-refractivity contribution in [2.75, 3.05) is 13.1 Å². The summed E-state index contributed by atoms with van der Waals surface area (Å²) in [6, 6.07) is 0.110. The Morgan fingerprint density at radius 2 is 2.12 bits per heavy atom. The van der Waals surface area contributed by atoms with E-state index >= 15 is 0 Å². The number of amides is 1. The van der Waals surface area contributed by atoms with E-state index in [-0.39, 0.29) is 17.9 Å². The highest BCUT2D eigenvalue weighted by molar-refractivity contribution is 5.81. The van der Waals surface area contributed by atoms with Crippen LogP contribution in [-0.2, 0) is 9.59 Å². The Morgan fingerprint density at radius 1 is 1.44 bits per heavy atom. The molecule has 2 rings (SSSR count). The Labute approximate surface area is 94.6 Å². The van der Waals surface area contributed by atoms with E-state index in [1.165, 1.54) is 0 Å². The molecule has 1 aliphatic carbocycles. The molecule has 5 heteroatoms. The van der Waals surface area contributed by atoms with Crippen molar-refractivity contribution >= 4 is 11.9 Å². The molecule has 1 amide bonds. The summed E-state index contributed by atoms with van der Waals surface area (Å²) in [5.74, 6) is -1.25. The van der Waals surface area contributed by atoms with E-state index in [1.807, 2.05) is 6.92 Å². The van der Waals surface area contributed by atoms with Gasteiger partial charge in [-0.25, -0.2) is 0 Å². The number of hydrogen-bond donors (Lipinski definition) is 2. The first-order valence-electron chi connectivity index (χ1n) is 5.71. The fourth-order valence-corrected chi connectivity index (χ4v) is 2.69. The van der Waals surface area contributed by atoms with Crippen LogP contribution in [0.1, 0.15) is 26.2 Å². The molecule has 2 fully saturated rings. The molecule has 0 bridgehead atoms. The minimum Gasteiger partial charge on any atom is -0.481 e. The minimum atomic E-state index is -0.719. The van der Waals surface area contributed by atoms with Crippen molar-refractivity contribution in [1.29, 1.82) is 0 Å². The van der Waals surface area contributed by atoms with Gasteiger partial charge in [0.1, 0.15) is 0 Å². The van der Waals surface area contributed by atoms with Crippen molar-refractivity contribution in [2.24, 2.45) is 17.1 Å². The van der Waals surface area contributed by atoms with E-state index < -0.39 is 11.4 Å². The van der Waals surface area contributed by atoms with Crippen molar-refractivity contribution in [3.63, 3.8) is 0 Å². The molecule has 0 aromatic heterocycles. The number of carboxylic acid groups (broad SMARTS) is 1. The van der Waals surface area contributed by atoms with Gasteiger partial charge in [-0.15, -0.1) is 0 Å². The molecule has 3 N–H and O–H groups in total. The first-order valence-corrected chi connectivity index (χ1v) is 5.71. The number of likely N-dealkylation sites (tertiary alicyclic amines) is 1. The van der Waals surface area contributed by atoms with Crippen LogP contribution in [0, 0.1) is 11.3 Å². The summed E-state index contributed by atoms with van der Waals surface area (Å²) in [7, 11) is 0. The first kappa shape index (κ1) is 11.4. The van der Waals surface area contributed by atoms with Gasteiger partial charge in [0.15, 0.2) is 0 Å². The second-order valence-corrected chi connectivity index (χ2v) is 5.23. The summed E-state index contributed by atoms with van der Waals surface area (Å²) in [4.78, 5) is 24.3. The monoisotopic (exact) mass is 226 g/mol. The molecule has 5 nitrogen and oxygen atoms in total. The maximum absolute atomic E-state index is 11.3. The van der Waals surface area contributed by atoms with Gasteiger partial charge in [-0.2, -0.15) is 0 Å². The quantitative estimate of drug-likeness (QED) is 0.712. The van der Waals surface area contributed by atoms with Crippen LogP contribution in [0.25, 0.3) is 0 Å². The molecule has 1 saturated carbocycles. The first-order chi connectivity index (χ1) is 7.44. The van der Waals surface area contributed by atoms with Crippen LogP contribution in [0.15, 0.2) is 0 Å². The fraction of sp³-hybridized carbons (Fsp3) is 0.818. The normalized spacial score (nSPS) is 39.3. The van der Waals surface area contributed by atoms with E-state index in [1.54, 1.807) is 0 Å². The lowest BCUT2D eigenvalue weighted by Crippen LogP contribution is -2.50. The van der Waals surface area contributed by atoms with Gasteiger partial charge in [-0.1, -0.05) is 0 Å². The number of nitrogens with zero attached hydrogens (tertiary/aromatic N) is 1. The molecule has 0 radical (unpaired) electrons. The van der Waals surface area contributed by atoms with E-state index in [0.29, 0.717) is 6.54 Å². The number of carbonyl (C=O) groups is 2. The predicted molar refractivity (Wildman–Crippen MR) is 57.6 cm³/mol. The molecule has 90 valence electrons. The molecule has 0 spiro atoms. The topological polar surface area (TPSA) is 83.6 Å². The smallest absolute Gasteiger partial charge is 0.308 e. The summed E-state index contributed by atoms with van der Waals surface area (Å²) >= 11 is 0. The Morgan fingerprint density at radius 3 is 2.50 bits per heavy atom. The van der Waals surface area contributed by atoms with Crippen molar-refractivity contribution in [1.82, 2.24) is 4.90 Å². The number of carbonyl (C=O) groups excluding carboxylic acids is 1. The lowest BCUT2D eigenvalue weighted by atomic mass is 9.78. The number of rotatable bonds is 3. The maximum Gasteiger partial charge on any atom is 0.308 e. The molecule has 1 saturated heterocycles. The molecule has 3 unspecified atom stereocenters. The highest BCUT2D eigenvalue weighted by Gasteiger charge is 2.47. The predicted octanol–water partition coefficient (Wildman–Crippen LogP) is 0.0469. The Kier molecular flexibility index (Phi) is 2.66. The summed E-state index contributed by atoms with van der Waals surface area (Å²) in [5.41, 5.74) is 4.89. The molecule has 3 atom stereocenters. The molecule has 0 aromatic rings. The van der Waals surface area contributed by atoms with Gasteiger partial charge in [-0.3, -0.25) is 14.5 Å². The average Bonchev–Trinajstić information content (AvgIpc) is 2.46. The van der Waals surface area contributed by atoms with Gasteiger partial charge < -0.3 is 10.8 Å². The van der Waals surface area contributed by atoms with E-state index in [4.69, 9.17) is 10.8 Å². The molecule has 16 heavy (non-hydrogen) atoms. The van der Waals surface area contributed by atoms with Crippen LogP contribution in [0.5, 0.6) is 0 Å². The number of carboxylic acids is 1. The van der Waals surface area contributed by atoms with Gasteiger partial charge in [0.25, 0.3) is 0 Å². The molecule has 2 aliphatic rings. The zero-order chi connectivity index (χ0) is 11.9. The van der Waals surface area contributed by atoms with Crippen LogP contribution in [0.2, 0.25) is 0 Å². The Balaban J connectivity index is 1.99. The molecule has 1 heterocycles. The summed E-state index contributed by atoms with van der Waals surface area (Å²) in [6.45, 7) is 3.26. The second kappa shape index (κ2) is 3.73. The van der Waals surface area contributed by atoms with Crippen LogP contribution < -0.4 is 5.73 Å². The van der Waals surface area contributed by atoms with E-state index in [9.17, 15) is 9.59 Å². The zero-order valence-electron chi connectivity index (χ0n) is 9.48. The Bertz CT molecular complexity index is 331. The largest absolute Gasteiger partial charge is 0.481 e. The average molecular weight is 226 g/mol. The fourth-order valence-electron chi connectivity index (χ4n) is 2.69. The van der Waals surface area contributed by atoms with Crippen molar-refractivity contribution in [3.8, 4) is 0 Å². The highest BCUT2D eigenvalue weighted by atomic mass is 16.4. The molecular formula is C11H18N2O3. The maximum atomic E-state index is 11.3. The number of nitrogens with two attached hydrogens (primary N) is 1. The second-order valence-electron chi connectivity index (χ2n) is 5.23. The Hall–Kier alpha value is -1.10. The minimum absolute atomic E-state index is 0.110. The highest BCUT2D eigenvalue weighted by Crippen LogP contribution is 2.39. The number of hydrogen-bond acceptors (Lipinski definition) is 3. The third-order valence-corrected chi connectivity index (χ3v) is 4.12. The van der Waals surface area contributed by atoms with Crippen molar-refractivity contribution in [2.45, 2.75) is 32.2 Å². The van der Waals surface area contributed by atoms with Gasteiger partial charge in [-0.05, 0) is 32.7 Å². The van der Waals surface area contributed by atoms with Crippen LogP contribution in [0.4, 0.5) is 0 Å². The van der Waals surface area contributed by atoms with Gasteiger partial charge in [0.2, 0.25) is 5.91 Å². The number of aliphatic carboxylic acids is 1. The zero-order valence-corrected chi connectivity index (χ0v) is 9.48. The van der Waals surface area contributed by atoms with Crippen LogP contribution in [-0.4, -0.2) is 41.0 Å². The summed E-state index contributed by atoms with van der Waals surface area (Å²) in [5, 5.41) is 8.98. The number of primary amides is 1. The van der Waals surface area contributed by atoms with Gasteiger partial charge in [0.05, 0.1) is 11.3 Å². The lowest BCUT2D eigenvalue weighted by Gasteiger charge is -2.40. The van der Waals surface area contributed by atoms with E-state index in [2.05, 4.69) is 4.90 Å².